The van der Waals surface area contributed by atoms with Gasteiger partial charge in [0.25, 0.3) is 0 Å². The molecule has 0 saturated heterocycles. The van der Waals surface area contributed by atoms with E-state index in [4.69, 9.17) is 28.3 Å². The molecule has 0 saturated carbocycles. The molecule has 4 heteroatoms. The number of rotatable bonds is 7. The second-order valence-electron chi connectivity index (χ2n) is 5.64. The van der Waals surface area contributed by atoms with Crippen LogP contribution in [-0.4, -0.2) is 10.5 Å². The molecular formula is C24H30Cl2KO-. The molecule has 0 radical (unpaired) electrons. The summed E-state index contributed by atoms with van der Waals surface area (Å²) in [6.45, 7) is 9.30. The Hall–Kier alpha value is -0.0636. The Labute approximate surface area is 224 Å². The van der Waals surface area contributed by atoms with E-state index in [9.17, 15) is 0 Å². The number of aryl methyl sites for hydroxylation is 1. The minimum absolute atomic E-state index is 0. The molecule has 2 aromatic rings. The van der Waals surface area contributed by atoms with Crippen molar-refractivity contribution < 1.29 is 56.5 Å². The minimum atomic E-state index is 0. The van der Waals surface area contributed by atoms with E-state index in [-0.39, 0.29) is 62.5 Å². The molecule has 0 spiro atoms. The van der Waals surface area contributed by atoms with Gasteiger partial charge in [0.15, 0.2) is 0 Å². The molecule has 1 atom stereocenters. The maximum atomic E-state index is 8.95. The fraction of sp³-hybridized carbons (Fsp3) is 0.292. The van der Waals surface area contributed by atoms with Gasteiger partial charge >= 0.3 is 51.4 Å². The van der Waals surface area contributed by atoms with Crippen LogP contribution in [-0.2, 0) is 6.42 Å². The van der Waals surface area contributed by atoms with Gasteiger partial charge in [0.2, 0.25) is 0 Å². The Balaban J connectivity index is 0. The summed E-state index contributed by atoms with van der Waals surface area (Å²) in [5, 5.41) is 9.87. The normalized spacial score (nSPS) is 10.6. The molecule has 148 valence electrons. The molecule has 1 unspecified atom stereocenters. The summed E-state index contributed by atoms with van der Waals surface area (Å²) in [5.41, 5.74) is 0.863. The average Bonchev–Trinajstić information content (AvgIpc) is 2.70. The third-order valence-electron chi connectivity index (χ3n) is 3.38. The molecule has 0 aliphatic rings. The predicted molar refractivity (Wildman–Crippen MR) is 121 cm³/mol. The Kier molecular flexibility index (Phi) is 23.3. The Morgan fingerprint density at radius 3 is 2.14 bits per heavy atom. The van der Waals surface area contributed by atoms with Gasteiger partial charge in [-0.2, -0.15) is 24.1 Å². The molecule has 0 bridgehead atoms. The summed E-state index contributed by atoms with van der Waals surface area (Å²) in [6, 6.07) is 18.0. The Bertz CT molecular complexity index is 603. The summed E-state index contributed by atoms with van der Waals surface area (Å²) in [7, 11) is 0. The Morgan fingerprint density at radius 1 is 1.14 bits per heavy atom. The first-order valence-corrected chi connectivity index (χ1v) is 9.95. The molecule has 0 aromatic heterocycles. The van der Waals surface area contributed by atoms with Crippen LogP contribution in [0.3, 0.4) is 0 Å². The number of halogens is 2. The van der Waals surface area contributed by atoms with Crippen molar-refractivity contribution in [2.24, 2.45) is 0 Å². The molecule has 28 heavy (non-hydrogen) atoms. The standard InChI is InChI=1S/C10H16Cl.C8H8ClO.C6H6.K/c1-3-5-6-7-9-10(11)8-4-2;1-2-6-5-7(10)3-4-8(6)9;1-2-4-6-5-3-1;/h4-6,10H,1-3,7-9H2;3-4,10H,2H2,1H3;1-6H;/q2*-1;;+1/b6-5+;;;. The van der Waals surface area contributed by atoms with Crippen molar-refractivity contribution in [2.75, 3.05) is 0 Å². The molecule has 0 fully saturated rings. The van der Waals surface area contributed by atoms with E-state index in [1.165, 1.54) is 6.07 Å². The maximum absolute atomic E-state index is 8.95. The molecule has 0 heterocycles. The maximum Gasteiger partial charge on any atom is 1.00 e. The second-order valence-corrected chi connectivity index (χ2v) is 6.66. The van der Waals surface area contributed by atoms with Crippen LogP contribution in [0.4, 0.5) is 0 Å². The van der Waals surface area contributed by atoms with Crippen LogP contribution in [0.5, 0.6) is 5.75 Å². The monoisotopic (exact) mass is 443 g/mol. The zero-order valence-electron chi connectivity index (χ0n) is 17.1. The molecule has 0 aliphatic carbocycles. The SMILES string of the molecule is C=CCC(Cl)CC/C=C/C[CH2-].CCc1[c-]c(O)ccc1Cl.[K+].c1ccccc1. The van der Waals surface area contributed by atoms with Crippen molar-refractivity contribution >= 4 is 23.2 Å². The minimum Gasteiger partial charge on any atom is -0.534 e. The van der Waals surface area contributed by atoms with E-state index < -0.39 is 0 Å². The van der Waals surface area contributed by atoms with E-state index in [2.05, 4.69) is 31.7 Å². The van der Waals surface area contributed by atoms with Gasteiger partial charge in [-0.15, -0.1) is 42.0 Å². The van der Waals surface area contributed by atoms with Crippen molar-refractivity contribution in [1.82, 2.24) is 0 Å². The van der Waals surface area contributed by atoms with Crippen molar-refractivity contribution in [2.45, 2.75) is 44.4 Å². The summed E-state index contributed by atoms with van der Waals surface area (Å²) < 4.78 is 0. The molecule has 2 rings (SSSR count). The number of hydrogen-bond acceptors (Lipinski definition) is 1. The topological polar surface area (TPSA) is 20.2 Å². The summed E-state index contributed by atoms with van der Waals surface area (Å²) in [5.74, 6) is 0.154. The number of phenolic OH excluding ortho intramolecular Hbond substituents is 1. The van der Waals surface area contributed by atoms with Gasteiger partial charge in [0.05, 0.1) is 0 Å². The first-order chi connectivity index (χ1) is 13.0. The molecule has 0 amide bonds. The summed E-state index contributed by atoms with van der Waals surface area (Å²) in [4.78, 5) is 0. The molecule has 1 N–H and O–H groups in total. The van der Waals surface area contributed by atoms with Gasteiger partial charge < -0.3 is 12.0 Å². The first-order valence-electron chi connectivity index (χ1n) is 9.13. The molecular weight excluding hydrogens is 414 g/mol. The van der Waals surface area contributed by atoms with Crippen LogP contribution in [0.2, 0.25) is 5.02 Å². The van der Waals surface area contributed by atoms with Crippen molar-refractivity contribution in [3.63, 3.8) is 0 Å². The van der Waals surface area contributed by atoms with Gasteiger partial charge in [0.1, 0.15) is 0 Å². The van der Waals surface area contributed by atoms with Crippen LogP contribution < -0.4 is 51.4 Å². The van der Waals surface area contributed by atoms with Gasteiger partial charge in [0, 0.05) is 11.1 Å². The number of allylic oxidation sites excluding steroid dienone is 3. The van der Waals surface area contributed by atoms with Crippen molar-refractivity contribution in [1.29, 1.82) is 0 Å². The van der Waals surface area contributed by atoms with Crippen molar-refractivity contribution in [3.05, 3.63) is 96.9 Å². The number of benzene rings is 2. The summed E-state index contributed by atoms with van der Waals surface area (Å²) in [6.07, 6.45) is 10.7. The van der Waals surface area contributed by atoms with E-state index in [1.54, 1.807) is 6.07 Å². The third kappa shape index (κ3) is 18.0. The van der Waals surface area contributed by atoms with Crippen LogP contribution in [0, 0.1) is 13.0 Å². The van der Waals surface area contributed by atoms with Crippen LogP contribution in [0.25, 0.3) is 0 Å². The number of alkyl halides is 1. The van der Waals surface area contributed by atoms with Crippen LogP contribution >= 0.6 is 23.2 Å². The van der Waals surface area contributed by atoms with Crippen LogP contribution in [0.15, 0.2) is 73.3 Å². The first kappa shape index (κ1) is 30.1. The number of hydrogen-bond donors (Lipinski definition) is 1. The average molecular weight is 445 g/mol. The smallest absolute Gasteiger partial charge is 0.534 e. The van der Waals surface area contributed by atoms with Gasteiger partial charge in [-0.1, -0.05) is 66.9 Å². The van der Waals surface area contributed by atoms with Gasteiger partial charge in [-0.05, 0) is 19.3 Å². The van der Waals surface area contributed by atoms with Gasteiger partial charge in [-0.3, -0.25) is 0 Å². The zero-order chi connectivity index (χ0) is 20.3. The quantitative estimate of drug-likeness (QED) is 0.281. The zero-order valence-corrected chi connectivity index (χ0v) is 21.7. The second kappa shape index (κ2) is 21.6. The molecule has 1 nitrogen and oxygen atoms in total. The molecule has 2 aromatic carbocycles. The predicted octanol–water partition coefficient (Wildman–Crippen LogP) is 4.83. The fourth-order valence-electron chi connectivity index (χ4n) is 1.96. The Morgan fingerprint density at radius 2 is 1.71 bits per heavy atom. The number of aromatic hydroxyl groups is 1. The fourth-order valence-corrected chi connectivity index (χ4v) is 2.46. The van der Waals surface area contributed by atoms with E-state index in [1.807, 2.05) is 49.4 Å². The van der Waals surface area contributed by atoms with E-state index in [0.29, 0.717) is 5.02 Å². The summed E-state index contributed by atoms with van der Waals surface area (Å²) >= 11 is 11.7. The van der Waals surface area contributed by atoms with E-state index in [0.717, 1.165) is 37.7 Å². The van der Waals surface area contributed by atoms with E-state index >= 15 is 0 Å². The molecule has 0 aliphatic heterocycles. The largest absolute Gasteiger partial charge is 1.00 e. The van der Waals surface area contributed by atoms with Crippen molar-refractivity contribution in [3.8, 4) is 5.75 Å². The third-order valence-corrected chi connectivity index (χ3v) is 4.13. The number of phenols is 1. The van der Waals surface area contributed by atoms with Crippen LogP contribution in [0.1, 0.15) is 38.2 Å². The van der Waals surface area contributed by atoms with Gasteiger partial charge in [-0.25, -0.2) is 0 Å².